The number of H-pyrrole nitrogens is 2. The normalized spacial score (nSPS) is 10.8. The summed E-state index contributed by atoms with van der Waals surface area (Å²) in [7, 11) is 6.56. The fraction of sp³-hybridized carbons (Fsp3) is 0.188. The Kier molecular flexibility index (Phi) is 7.59. The fourth-order valence-electron chi connectivity index (χ4n) is 4.49. The molecular formula is C32H32N4O4. The van der Waals surface area contributed by atoms with Gasteiger partial charge in [-0.2, -0.15) is 0 Å². The summed E-state index contributed by atoms with van der Waals surface area (Å²) in [5.41, 5.74) is 8.19. The summed E-state index contributed by atoms with van der Waals surface area (Å²) >= 11 is 0. The number of imidazole rings is 2. The lowest BCUT2D eigenvalue weighted by Gasteiger charge is -2.08. The van der Waals surface area contributed by atoms with Gasteiger partial charge in [0.1, 0.15) is 34.6 Å². The largest absolute Gasteiger partial charge is 0.497 e. The van der Waals surface area contributed by atoms with Crippen molar-refractivity contribution in [1.29, 1.82) is 0 Å². The molecule has 8 nitrogen and oxygen atoms in total. The maximum atomic E-state index is 5.42. The van der Waals surface area contributed by atoms with Gasteiger partial charge in [0.25, 0.3) is 0 Å². The average Bonchev–Trinajstić information content (AvgIpc) is 3.60. The molecule has 2 N–H and O–H groups in total. The molecule has 0 saturated carbocycles. The minimum absolute atomic E-state index is 0.736. The van der Waals surface area contributed by atoms with Crippen molar-refractivity contribution in [2.24, 2.45) is 0 Å². The third-order valence-corrected chi connectivity index (χ3v) is 6.60. The monoisotopic (exact) mass is 536 g/mol. The van der Waals surface area contributed by atoms with Crippen LogP contribution in [0.2, 0.25) is 0 Å². The third kappa shape index (κ3) is 5.42. The molecule has 0 atom stereocenters. The number of hydrogen-bond acceptors (Lipinski definition) is 6. The lowest BCUT2D eigenvalue weighted by molar-refractivity contribution is 0.395. The zero-order chi connectivity index (χ0) is 28.2. The van der Waals surface area contributed by atoms with Gasteiger partial charge in [-0.05, 0) is 73.5 Å². The molecule has 0 saturated heterocycles. The van der Waals surface area contributed by atoms with Gasteiger partial charge in [-0.15, -0.1) is 0 Å². The van der Waals surface area contributed by atoms with Crippen LogP contribution < -0.4 is 18.9 Å². The van der Waals surface area contributed by atoms with E-state index in [0.29, 0.717) is 0 Å². The Labute approximate surface area is 232 Å². The van der Waals surface area contributed by atoms with Crippen molar-refractivity contribution < 1.29 is 18.9 Å². The quantitative estimate of drug-likeness (QED) is 0.236. The lowest BCUT2D eigenvalue weighted by Crippen LogP contribution is -1.91. The smallest absolute Gasteiger partial charge is 0.142 e. The molecule has 0 aliphatic rings. The summed E-state index contributed by atoms with van der Waals surface area (Å²) in [5, 5.41) is 0. The molecule has 0 fully saturated rings. The predicted octanol–water partition coefficient (Wildman–Crippen LogP) is 7.11. The molecule has 8 heteroatoms. The van der Waals surface area contributed by atoms with Crippen LogP contribution in [-0.4, -0.2) is 48.4 Å². The summed E-state index contributed by atoms with van der Waals surface area (Å²) in [4.78, 5) is 15.9. The number of rotatable bonds is 6. The second kappa shape index (κ2) is 11.4. The van der Waals surface area contributed by atoms with Gasteiger partial charge in [-0.25, -0.2) is 9.97 Å². The summed E-state index contributed by atoms with van der Waals surface area (Å²) in [5.74, 6) is 4.59. The van der Waals surface area contributed by atoms with Crippen molar-refractivity contribution in [3.8, 4) is 45.8 Å². The number of aromatic amines is 2. The predicted molar refractivity (Wildman–Crippen MR) is 159 cm³/mol. The first-order chi connectivity index (χ1) is 19.4. The number of benzene rings is 4. The molecule has 6 rings (SSSR count). The SMILES string of the molecule is COc1ccc(-c2nc3ccc(C)cc3[nH]2)c(OC)c1.COc1ccc(-c2nc3ccc(C)cc3[nH]2)c(OC)c1. The molecule has 204 valence electrons. The number of aromatic nitrogens is 4. The zero-order valence-corrected chi connectivity index (χ0v) is 23.5. The topological polar surface area (TPSA) is 94.3 Å². The minimum atomic E-state index is 0.736. The van der Waals surface area contributed by atoms with Crippen molar-refractivity contribution in [2.45, 2.75) is 13.8 Å². The van der Waals surface area contributed by atoms with Crippen LogP contribution >= 0.6 is 0 Å². The maximum absolute atomic E-state index is 5.42. The van der Waals surface area contributed by atoms with Gasteiger partial charge in [0.15, 0.2) is 0 Å². The number of nitrogens with one attached hydrogen (secondary N) is 2. The second-order valence-electron chi connectivity index (χ2n) is 9.34. The minimum Gasteiger partial charge on any atom is -0.497 e. The van der Waals surface area contributed by atoms with Crippen molar-refractivity contribution in [1.82, 2.24) is 19.9 Å². The molecule has 0 aliphatic heterocycles. The summed E-state index contributed by atoms with van der Waals surface area (Å²) in [6.45, 7) is 4.13. The van der Waals surface area contributed by atoms with Crippen molar-refractivity contribution in [2.75, 3.05) is 28.4 Å². The molecule has 40 heavy (non-hydrogen) atoms. The molecule has 0 amide bonds. The van der Waals surface area contributed by atoms with E-state index in [1.165, 1.54) is 11.1 Å². The standard InChI is InChI=1S/2C16H16N2O2/c2*1-10-4-7-13-14(8-10)18-16(17-13)12-6-5-11(19-2)9-15(12)20-3/h2*4-9H,1-3H3,(H,17,18). The maximum Gasteiger partial charge on any atom is 0.142 e. The Hall–Kier alpha value is -4.98. The van der Waals surface area contributed by atoms with Crippen molar-refractivity contribution >= 4 is 22.1 Å². The fourth-order valence-corrected chi connectivity index (χ4v) is 4.49. The van der Waals surface area contributed by atoms with E-state index >= 15 is 0 Å². The molecule has 0 unspecified atom stereocenters. The highest BCUT2D eigenvalue weighted by Gasteiger charge is 2.13. The van der Waals surface area contributed by atoms with Crippen LogP contribution in [0.5, 0.6) is 23.0 Å². The van der Waals surface area contributed by atoms with Crippen LogP contribution in [0.1, 0.15) is 11.1 Å². The number of nitrogens with zero attached hydrogens (tertiary/aromatic N) is 2. The lowest BCUT2D eigenvalue weighted by atomic mass is 10.2. The van der Waals surface area contributed by atoms with E-state index in [0.717, 1.165) is 67.8 Å². The van der Waals surface area contributed by atoms with Gasteiger partial charge >= 0.3 is 0 Å². The van der Waals surface area contributed by atoms with E-state index in [9.17, 15) is 0 Å². The Morgan fingerprint density at radius 1 is 0.500 bits per heavy atom. The van der Waals surface area contributed by atoms with Crippen LogP contribution in [0.15, 0.2) is 72.8 Å². The van der Waals surface area contributed by atoms with Crippen LogP contribution in [0.4, 0.5) is 0 Å². The first kappa shape index (κ1) is 26.6. The molecule has 2 heterocycles. The molecule has 0 aliphatic carbocycles. The van der Waals surface area contributed by atoms with Crippen LogP contribution in [0.3, 0.4) is 0 Å². The second-order valence-corrected chi connectivity index (χ2v) is 9.34. The first-order valence-electron chi connectivity index (χ1n) is 12.8. The molecule has 4 aromatic carbocycles. The van der Waals surface area contributed by atoms with Gasteiger partial charge in [0, 0.05) is 12.1 Å². The molecule has 6 aromatic rings. The van der Waals surface area contributed by atoms with Crippen molar-refractivity contribution in [3.63, 3.8) is 0 Å². The highest BCUT2D eigenvalue weighted by Crippen LogP contribution is 2.34. The Bertz CT molecular complexity index is 1660. The van der Waals surface area contributed by atoms with Crippen molar-refractivity contribution in [3.05, 3.63) is 83.9 Å². The highest BCUT2D eigenvalue weighted by atomic mass is 16.5. The van der Waals surface area contributed by atoms with Gasteiger partial charge < -0.3 is 28.9 Å². The van der Waals surface area contributed by atoms with E-state index in [1.54, 1.807) is 28.4 Å². The molecule has 2 aromatic heterocycles. The summed E-state index contributed by atoms with van der Waals surface area (Å²) in [6, 6.07) is 23.7. The van der Waals surface area contributed by atoms with E-state index in [1.807, 2.05) is 48.5 Å². The summed E-state index contributed by atoms with van der Waals surface area (Å²) in [6.07, 6.45) is 0. The Morgan fingerprint density at radius 2 is 0.925 bits per heavy atom. The zero-order valence-electron chi connectivity index (χ0n) is 23.5. The highest BCUT2D eigenvalue weighted by molar-refractivity contribution is 5.82. The van der Waals surface area contributed by atoms with E-state index in [-0.39, 0.29) is 0 Å². The average molecular weight is 537 g/mol. The molecule has 0 radical (unpaired) electrons. The van der Waals surface area contributed by atoms with Gasteiger partial charge in [0.2, 0.25) is 0 Å². The van der Waals surface area contributed by atoms with Crippen LogP contribution in [-0.2, 0) is 0 Å². The van der Waals surface area contributed by atoms with E-state index in [2.05, 4.69) is 58.0 Å². The Morgan fingerprint density at radius 3 is 1.30 bits per heavy atom. The van der Waals surface area contributed by atoms with Gasteiger partial charge in [-0.1, -0.05) is 12.1 Å². The number of aryl methyl sites for hydroxylation is 2. The van der Waals surface area contributed by atoms with E-state index in [4.69, 9.17) is 18.9 Å². The number of methoxy groups -OCH3 is 4. The third-order valence-electron chi connectivity index (χ3n) is 6.60. The van der Waals surface area contributed by atoms with Gasteiger partial charge in [0.05, 0.1) is 61.6 Å². The van der Waals surface area contributed by atoms with Crippen LogP contribution in [0.25, 0.3) is 44.8 Å². The Balaban J connectivity index is 0.000000161. The van der Waals surface area contributed by atoms with E-state index < -0.39 is 0 Å². The van der Waals surface area contributed by atoms with Gasteiger partial charge in [-0.3, -0.25) is 0 Å². The first-order valence-corrected chi connectivity index (χ1v) is 12.8. The molecule has 0 spiro atoms. The molecular weight excluding hydrogens is 504 g/mol. The van der Waals surface area contributed by atoms with Crippen LogP contribution in [0, 0.1) is 13.8 Å². The number of hydrogen-bond donors (Lipinski definition) is 2. The number of fused-ring (bicyclic) bond motifs is 2. The molecule has 0 bridgehead atoms. The summed E-state index contributed by atoms with van der Waals surface area (Å²) < 4.78 is 21.3. The number of ether oxygens (including phenoxy) is 4.